The molecule has 7 aromatic rings. The summed E-state index contributed by atoms with van der Waals surface area (Å²) in [5, 5.41) is 0. The van der Waals surface area contributed by atoms with Crippen LogP contribution in [0.15, 0.2) is 140 Å². The molecule has 0 aromatic heterocycles. The second-order valence-electron chi connectivity index (χ2n) is 23.6. The van der Waals surface area contributed by atoms with Gasteiger partial charge in [0, 0.05) is 28.2 Å². The maximum absolute atomic E-state index is 2.64. The SMILES string of the molecule is CCCCCCC1(CCCCCCc2ccc3c(c2)CC3)c2cc(N(c3ccccc3)c3c(C)cc(C(C)(C)C)cc3C)ccc2-c2ccc(N(c3ccccc3)c3c(C)cc(C(C)(C)C)cc3C)cc21. The summed E-state index contributed by atoms with van der Waals surface area (Å²) in [5.41, 5.74) is 25.9. The molecule has 0 saturated carbocycles. The summed E-state index contributed by atoms with van der Waals surface area (Å²) in [6, 6.07) is 54.3. The van der Waals surface area contributed by atoms with Crippen molar-refractivity contribution in [2.24, 2.45) is 0 Å². The molecule has 0 spiro atoms. The fourth-order valence-corrected chi connectivity index (χ4v) is 12.2. The largest absolute Gasteiger partial charge is 0.310 e. The van der Waals surface area contributed by atoms with E-state index in [0.717, 1.165) is 12.8 Å². The first-order valence-electron chi connectivity index (χ1n) is 27.4. The topological polar surface area (TPSA) is 6.48 Å². The number of fused-ring (bicyclic) bond motifs is 4. The third-order valence-electron chi connectivity index (χ3n) is 16.2. The van der Waals surface area contributed by atoms with E-state index < -0.39 is 0 Å². The van der Waals surface area contributed by atoms with Crippen molar-refractivity contribution in [1.29, 1.82) is 0 Å². The molecular weight excluding hydrogens is 857 g/mol. The minimum atomic E-state index is -0.142. The quantitative estimate of drug-likeness (QED) is 0.0791. The predicted octanol–water partition coefficient (Wildman–Crippen LogP) is 20.0. The molecule has 2 nitrogen and oxygen atoms in total. The Labute approximate surface area is 429 Å². The number of para-hydroxylation sites is 2. The van der Waals surface area contributed by atoms with Crippen LogP contribution in [0, 0.1) is 27.7 Å². The Morgan fingerprint density at radius 2 is 0.859 bits per heavy atom. The van der Waals surface area contributed by atoms with E-state index in [1.54, 1.807) is 11.1 Å². The molecule has 0 saturated heterocycles. The van der Waals surface area contributed by atoms with E-state index >= 15 is 0 Å². The maximum Gasteiger partial charge on any atom is 0.0520 e. The summed E-state index contributed by atoms with van der Waals surface area (Å²) in [6.45, 7) is 25.6. The average Bonchev–Trinajstić information content (AvgIpc) is 3.59. The molecule has 0 unspecified atom stereocenters. The zero-order valence-corrected chi connectivity index (χ0v) is 45.4. The molecular formula is C69H82N2. The van der Waals surface area contributed by atoms with E-state index in [2.05, 4.69) is 225 Å². The van der Waals surface area contributed by atoms with Crippen molar-refractivity contribution < 1.29 is 0 Å². The summed E-state index contributed by atoms with van der Waals surface area (Å²) >= 11 is 0. The number of aryl methyl sites for hydroxylation is 7. The van der Waals surface area contributed by atoms with Crippen LogP contribution in [0.2, 0.25) is 0 Å². The van der Waals surface area contributed by atoms with Gasteiger partial charge < -0.3 is 9.80 Å². The van der Waals surface area contributed by atoms with Gasteiger partial charge in [0.05, 0.1) is 11.4 Å². The Bertz CT molecular complexity index is 2770. The van der Waals surface area contributed by atoms with Crippen molar-refractivity contribution in [2.75, 3.05) is 9.80 Å². The maximum atomic E-state index is 2.64. The first-order valence-corrected chi connectivity index (χ1v) is 27.4. The van der Waals surface area contributed by atoms with Crippen LogP contribution in [0.5, 0.6) is 0 Å². The summed E-state index contributed by atoms with van der Waals surface area (Å²) in [7, 11) is 0. The van der Waals surface area contributed by atoms with Crippen LogP contribution in [0.3, 0.4) is 0 Å². The first kappa shape index (κ1) is 50.1. The third-order valence-corrected chi connectivity index (χ3v) is 16.2. The van der Waals surface area contributed by atoms with Crippen molar-refractivity contribution in [1.82, 2.24) is 0 Å². The van der Waals surface area contributed by atoms with Crippen LogP contribution in [-0.2, 0) is 35.5 Å². The molecule has 0 radical (unpaired) electrons. The van der Waals surface area contributed by atoms with Crippen molar-refractivity contribution in [2.45, 2.75) is 176 Å². The van der Waals surface area contributed by atoms with Crippen molar-refractivity contribution in [3.8, 4) is 11.1 Å². The highest BCUT2D eigenvalue weighted by atomic mass is 15.2. The van der Waals surface area contributed by atoms with Gasteiger partial charge in [-0.25, -0.2) is 0 Å². The van der Waals surface area contributed by atoms with Crippen molar-refractivity contribution in [3.05, 3.63) is 201 Å². The molecule has 2 heteroatoms. The zero-order chi connectivity index (χ0) is 50.1. The smallest absolute Gasteiger partial charge is 0.0520 e. The number of unbranched alkanes of at least 4 members (excludes halogenated alkanes) is 6. The molecule has 2 aliphatic carbocycles. The number of hydrogen-bond acceptors (Lipinski definition) is 2. The lowest BCUT2D eigenvalue weighted by Crippen LogP contribution is -2.26. The van der Waals surface area contributed by atoms with Gasteiger partial charge in [-0.1, -0.05) is 184 Å². The third kappa shape index (κ3) is 10.3. The summed E-state index contributed by atoms with van der Waals surface area (Å²) in [4.78, 5) is 5.13. The van der Waals surface area contributed by atoms with Gasteiger partial charge in [-0.15, -0.1) is 0 Å². The molecule has 0 fully saturated rings. The van der Waals surface area contributed by atoms with Gasteiger partial charge in [-0.3, -0.25) is 0 Å². The highest BCUT2D eigenvalue weighted by Crippen LogP contribution is 2.57. The van der Waals surface area contributed by atoms with E-state index in [1.165, 1.54) is 166 Å². The lowest BCUT2D eigenvalue weighted by molar-refractivity contribution is 0.400. The molecule has 71 heavy (non-hydrogen) atoms. The van der Waals surface area contributed by atoms with E-state index in [1.807, 2.05) is 0 Å². The molecule has 2 aliphatic rings. The molecule has 368 valence electrons. The molecule has 0 atom stereocenters. The zero-order valence-electron chi connectivity index (χ0n) is 45.4. The predicted molar refractivity (Wildman–Crippen MR) is 308 cm³/mol. The second-order valence-corrected chi connectivity index (χ2v) is 23.6. The van der Waals surface area contributed by atoms with Gasteiger partial charge >= 0.3 is 0 Å². The lowest BCUT2D eigenvalue weighted by Gasteiger charge is -2.36. The Kier molecular flexibility index (Phi) is 14.6. The lowest BCUT2D eigenvalue weighted by atomic mass is 9.70. The summed E-state index contributed by atoms with van der Waals surface area (Å²) < 4.78 is 0. The normalized spacial score (nSPS) is 13.6. The molecule has 0 heterocycles. The van der Waals surface area contributed by atoms with Gasteiger partial charge in [0.1, 0.15) is 0 Å². The minimum absolute atomic E-state index is 0.0622. The summed E-state index contributed by atoms with van der Waals surface area (Å²) in [6.07, 6.45) is 15.9. The Hall–Kier alpha value is -5.86. The fraction of sp³-hybridized carbons (Fsp3) is 0.391. The van der Waals surface area contributed by atoms with Gasteiger partial charge in [0.15, 0.2) is 0 Å². The average molecular weight is 939 g/mol. The number of nitrogens with zero attached hydrogens (tertiary/aromatic N) is 2. The van der Waals surface area contributed by atoms with Gasteiger partial charge in [-0.05, 0) is 198 Å². The Morgan fingerprint density at radius 1 is 0.423 bits per heavy atom. The second kappa shape index (κ2) is 20.7. The fourth-order valence-electron chi connectivity index (χ4n) is 12.2. The number of anilines is 6. The van der Waals surface area contributed by atoms with Crippen molar-refractivity contribution in [3.63, 3.8) is 0 Å². The van der Waals surface area contributed by atoms with E-state index in [9.17, 15) is 0 Å². The monoisotopic (exact) mass is 939 g/mol. The highest BCUT2D eigenvalue weighted by Gasteiger charge is 2.43. The van der Waals surface area contributed by atoms with Gasteiger partial charge in [0.25, 0.3) is 0 Å². The molecule has 7 aromatic carbocycles. The van der Waals surface area contributed by atoms with Crippen LogP contribution in [-0.4, -0.2) is 0 Å². The number of rotatable bonds is 18. The minimum Gasteiger partial charge on any atom is -0.310 e. The summed E-state index contributed by atoms with van der Waals surface area (Å²) in [5.74, 6) is 0. The van der Waals surface area contributed by atoms with Crippen LogP contribution < -0.4 is 9.80 Å². The highest BCUT2D eigenvalue weighted by molar-refractivity contribution is 5.90. The van der Waals surface area contributed by atoms with Crippen molar-refractivity contribution >= 4 is 34.1 Å². The Morgan fingerprint density at radius 3 is 1.27 bits per heavy atom. The molecule has 0 bridgehead atoms. The van der Waals surface area contributed by atoms with Gasteiger partial charge in [0.2, 0.25) is 0 Å². The standard InChI is InChI=1S/C69H82N2/c1-12-13-14-24-39-69(40-25-16-15-19-26-52-31-32-53-33-34-54(53)45-52)63-46-59(70(57-27-20-17-21-28-57)65-48(2)41-55(42-49(65)3)67(6,7)8)35-37-61(63)62-38-36-60(47-64(62)69)71(58-29-22-18-23-30-58)66-50(4)43-56(44-51(66)5)68(9,10)11/h17-18,20-23,27-32,35-38,41-47H,12-16,19,24-26,33-34,39-40H2,1-11H3. The molecule has 0 N–H and O–H groups in total. The number of benzene rings is 7. The van der Waals surface area contributed by atoms with Crippen LogP contribution in [0.1, 0.15) is 174 Å². The molecule has 0 aliphatic heterocycles. The van der Waals surface area contributed by atoms with Gasteiger partial charge in [-0.2, -0.15) is 0 Å². The van der Waals surface area contributed by atoms with Crippen LogP contribution in [0.25, 0.3) is 11.1 Å². The molecule has 0 amide bonds. The van der Waals surface area contributed by atoms with E-state index in [-0.39, 0.29) is 16.2 Å². The van der Waals surface area contributed by atoms with E-state index in [4.69, 9.17) is 0 Å². The van der Waals surface area contributed by atoms with Crippen LogP contribution >= 0.6 is 0 Å². The number of hydrogen-bond donors (Lipinski definition) is 0. The van der Waals surface area contributed by atoms with E-state index in [0.29, 0.717) is 0 Å². The Balaban J connectivity index is 1.19. The van der Waals surface area contributed by atoms with Crippen LogP contribution in [0.4, 0.5) is 34.1 Å². The molecule has 9 rings (SSSR count). The first-order chi connectivity index (χ1) is 34.1.